The molecule has 0 bridgehead atoms. The van der Waals surface area contributed by atoms with Crippen LogP contribution in [-0.2, 0) is 4.79 Å². The van der Waals surface area contributed by atoms with E-state index in [4.69, 9.17) is 4.74 Å². The summed E-state index contributed by atoms with van der Waals surface area (Å²) in [6, 6.07) is 12.1. The van der Waals surface area contributed by atoms with Crippen molar-refractivity contribution in [3.05, 3.63) is 76.8 Å². The minimum absolute atomic E-state index is 0.0412. The number of hydrogen-bond donors (Lipinski definition) is 1. The number of ether oxygens (including phenoxy) is 2. The monoisotopic (exact) mass is 437 g/mol. The van der Waals surface area contributed by atoms with E-state index >= 15 is 0 Å². The predicted molar refractivity (Wildman–Crippen MR) is 102 cm³/mol. The lowest BCUT2D eigenvalue weighted by molar-refractivity contribution is -0.274. The number of halogens is 4. The molecule has 0 saturated heterocycles. The third kappa shape index (κ3) is 6.04. The van der Waals surface area contributed by atoms with Crippen LogP contribution in [0, 0.1) is 5.82 Å². The molecular formula is C20H15F4N3O4. The summed E-state index contributed by atoms with van der Waals surface area (Å²) in [7, 11) is 0. The normalized spacial score (nSPS) is 12.2. The number of alkyl halides is 3. The Hall–Kier alpha value is -3.89. The van der Waals surface area contributed by atoms with Crippen LogP contribution < -0.4 is 20.3 Å². The molecule has 2 aromatic carbocycles. The number of carbonyl (C=O) groups is 1. The molecule has 1 amide bonds. The van der Waals surface area contributed by atoms with Gasteiger partial charge in [0.15, 0.2) is 6.10 Å². The first-order valence-electron chi connectivity index (χ1n) is 8.80. The highest BCUT2D eigenvalue weighted by Crippen LogP contribution is 2.24. The Morgan fingerprint density at radius 1 is 1.03 bits per heavy atom. The molecule has 1 N–H and O–H groups in total. The maximum atomic E-state index is 13.1. The summed E-state index contributed by atoms with van der Waals surface area (Å²) in [5.74, 6) is -1.55. The van der Waals surface area contributed by atoms with Gasteiger partial charge in [0.05, 0.1) is 5.69 Å². The third-order valence-electron chi connectivity index (χ3n) is 3.87. The molecule has 3 aromatic rings. The number of nitrogens with zero attached hydrogens (tertiary/aromatic N) is 2. The maximum absolute atomic E-state index is 13.1. The fraction of sp³-hybridized carbons (Fsp3) is 0.150. The highest BCUT2D eigenvalue weighted by molar-refractivity contribution is 5.94. The summed E-state index contributed by atoms with van der Waals surface area (Å²) >= 11 is 0. The molecule has 11 heteroatoms. The van der Waals surface area contributed by atoms with Crippen LogP contribution in [0.1, 0.15) is 6.92 Å². The SMILES string of the molecule is CC(Oc1ccc(=O)n(-c2ccc(F)cc2)n1)C(=O)Nc1ccc(OC(F)(F)F)cc1. The first-order valence-corrected chi connectivity index (χ1v) is 8.80. The lowest BCUT2D eigenvalue weighted by Gasteiger charge is -2.15. The van der Waals surface area contributed by atoms with Gasteiger partial charge >= 0.3 is 6.36 Å². The Bertz CT molecular complexity index is 1110. The average Bonchev–Trinajstić information content (AvgIpc) is 2.70. The molecule has 0 saturated carbocycles. The summed E-state index contributed by atoms with van der Waals surface area (Å²) in [6.07, 6.45) is -5.87. The van der Waals surface area contributed by atoms with Crippen molar-refractivity contribution in [1.29, 1.82) is 0 Å². The van der Waals surface area contributed by atoms with E-state index in [1.807, 2.05) is 0 Å². The minimum atomic E-state index is -4.81. The van der Waals surface area contributed by atoms with Crippen LogP contribution in [0.3, 0.4) is 0 Å². The van der Waals surface area contributed by atoms with Crippen LogP contribution in [0.15, 0.2) is 65.5 Å². The van der Waals surface area contributed by atoms with Gasteiger partial charge in [0.1, 0.15) is 11.6 Å². The Balaban J connectivity index is 1.66. The van der Waals surface area contributed by atoms with Crippen LogP contribution in [0.5, 0.6) is 11.6 Å². The first kappa shape index (κ1) is 21.8. The summed E-state index contributed by atoms with van der Waals surface area (Å²) in [6.45, 7) is 1.42. The smallest absolute Gasteiger partial charge is 0.463 e. The topological polar surface area (TPSA) is 82.5 Å². The van der Waals surface area contributed by atoms with E-state index in [0.29, 0.717) is 5.69 Å². The van der Waals surface area contributed by atoms with Crippen LogP contribution in [0.25, 0.3) is 5.69 Å². The second-order valence-electron chi connectivity index (χ2n) is 6.22. The third-order valence-corrected chi connectivity index (χ3v) is 3.87. The molecule has 0 spiro atoms. The van der Waals surface area contributed by atoms with Gasteiger partial charge in [-0.25, -0.2) is 4.39 Å². The van der Waals surface area contributed by atoms with Gasteiger partial charge in [0.2, 0.25) is 5.88 Å². The number of nitrogens with one attached hydrogen (secondary N) is 1. The van der Waals surface area contributed by atoms with Gasteiger partial charge in [0.25, 0.3) is 11.5 Å². The van der Waals surface area contributed by atoms with Gasteiger partial charge in [-0.3, -0.25) is 9.59 Å². The molecule has 0 fully saturated rings. The maximum Gasteiger partial charge on any atom is 0.573 e. The molecule has 3 rings (SSSR count). The zero-order valence-corrected chi connectivity index (χ0v) is 15.9. The van der Waals surface area contributed by atoms with Crippen molar-refractivity contribution in [3.8, 4) is 17.3 Å². The fourth-order valence-corrected chi connectivity index (χ4v) is 2.44. The molecule has 1 atom stereocenters. The molecule has 162 valence electrons. The zero-order chi connectivity index (χ0) is 22.6. The van der Waals surface area contributed by atoms with Gasteiger partial charge in [-0.15, -0.1) is 18.3 Å². The number of amides is 1. The quantitative estimate of drug-likeness (QED) is 0.595. The largest absolute Gasteiger partial charge is 0.573 e. The number of hydrogen-bond acceptors (Lipinski definition) is 5. The average molecular weight is 437 g/mol. The Labute approximate surface area is 172 Å². The minimum Gasteiger partial charge on any atom is -0.463 e. The van der Waals surface area contributed by atoms with E-state index < -0.39 is 35.5 Å². The fourth-order valence-electron chi connectivity index (χ4n) is 2.44. The second kappa shape index (κ2) is 8.86. The molecule has 1 unspecified atom stereocenters. The lowest BCUT2D eigenvalue weighted by atomic mass is 10.3. The summed E-state index contributed by atoms with van der Waals surface area (Å²) in [5, 5.41) is 6.48. The number of rotatable bonds is 6. The van der Waals surface area contributed by atoms with Crippen molar-refractivity contribution in [1.82, 2.24) is 9.78 Å². The van der Waals surface area contributed by atoms with Crippen LogP contribution in [0.2, 0.25) is 0 Å². The van der Waals surface area contributed by atoms with Crippen molar-refractivity contribution in [2.24, 2.45) is 0 Å². The highest BCUT2D eigenvalue weighted by atomic mass is 19.4. The molecule has 7 nitrogen and oxygen atoms in total. The lowest BCUT2D eigenvalue weighted by Crippen LogP contribution is -2.31. The number of carbonyl (C=O) groups excluding carboxylic acids is 1. The van der Waals surface area contributed by atoms with Crippen molar-refractivity contribution < 1.29 is 31.8 Å². The van der Waals surface area contributed by atoms with Crippen molar-refractivity contribution in [2.45, 2.75) is 19.4 Å². The first-order chi connectivity index (χ1) is 14.6. The van der Waals surface area contributed by atoms with Gasteiger partial charge < -0.3 is 14.8 Å². The standard InChI is InChI=1S/C20H15F4N3O4/c1-12(19(29)25-14-4-8-16(9-5-14)31-20(22,23)24)30-17-10-11-18(28)27(26-17)15-6-2-13(21)3-7-15/h2-12H,1H3,(H,25,29). The van der Waals surface area contributed by atoms with E-state index in [1.165, 1.54) is 43.3 Å². The van der Waals surface area contributed by atoms with Crippen molar-refractivity contribution in [3.63, 3.8) is 0 Å². The van der Waals surface area contributed by atoms with Gasteiger partial charge in [-0.1, -0.05) is 0 Å². The van der Waals surface area contributed by atoms with Crippen LogP contribution in [0.4, 0.5) is 23.2 Å². The Kier molecular flexibility index (Phi) is 6.23. The van der Waals surface area contributed by atoms with Gasteiger partial charge in [-0.2, -0.15) is 4.68 Å². The second-order valence-corrected chi connectivity index (χ2v) is 6.22. The molecule has 0 radical (unpaired) electrons. The summed E-state index contributed by atoms with van der Waals surface area (Å²) < 4.78 is 59.8. The van der Waals surface area contributed by atoms with E-state index in [2.05, 4.69) is 15.2 Å². The Morgan fingerprint density at radius 3 is 2.29 bits per heavy atom. The van der Waals surface area contributed by atoms with Crippen molar-refractivity contribution >= 4 is 11.6 Å². The molecule has 0 aliphatic rings. The van der Waals surface area contributed by atoms with Crippen molar-refractivity contribution in [2.75, 3.05) is 5.32 Å². The predicted octanol–water partition coefficient (Wildman–Crippen LogP) is 3.68. The van der Waals surface area contributed by atoms with E-state index in [0.717, 1.165) is 28.9 Å². The Morgan fingerprint density at radius 2 is 1.68 bits per heavy atom. The number of benzene rings is 2. The molecule has 0 aliphatic carbocycles. The van der Waals surface area contributed by atoms with Gasteiger partial charge in [-0.05, 0) is 55.5 Å². The number of anilines is 1. The summed E-state index contributed by atoms with van der Waals surface area (Å²) in [5.41, 5.74) is 0.0339. The molecule has 0 aliphatic heterocycles. The van der Waals surface area contributed by atoms with E-state index in [9.17, 15) is 27.2 Å². The molecule has 1 heterocycles. The van der Waals surface area contributed by atoms with Crippen LogP contribution >= 0.6 is 0 Å². The molecule has 1 aromatic heterocycles. The highest BCUT2D eigenvalue weighted by Gasteiger charge is 2.31. The van der Waals surface area contributed by atoms with E-state index in [-0.39, 0.29) is 11.6 Å². The van der Waals surface area contributed by atoms with Crippen LogP contribution in [-0.4, -0.2) is 28.2 Å². The number of aromatic nitrogens is 2. The van der Waals surface area contributed by atoms with E-state index in [1.54, 1.807) is 0 Å². The zero-order valence-electron chi connectivity index (χ0n) is 15.9. The van der Waals surface area contributed by atoms with Gasteiger partial charge in [0, 0.05) is 17.8 Å². The summed E-state index contributed by atoms with van der Waals surface area (Å²) in [4.78, 5) is 24.3. The molecular weight excluding hydrogens is 422 g/mol. The molecule has 31 heavy (non-hydrogen) atoms.